The maximum absolute atomic E-state index is 5.64. The Hall–Kier alpha value is -1.28. The van der Waals surface area contributed by atoms with Crippen LogP contribution in [0.4, 0.5) is 0 Å². The molecule has 1 aromatic rings. The van der Waals surface area contributed by atoms with Gasteiger partial charge < -0.3 is 9.47 Å². The average molecular weight is 246 g/mol. The van der Waals surface area contributed by atoms with Gasteiger partial charge in [0.05, 0.1) is 12.4 Å². The summed E-state index contributed by atoms with van der Waals surface area (Å²) in [6.45, 7) is 5.24. The topological polar surface area (TPSA) is 18.5 Å². The van der Waals surface area contributed by atoms with Crippen molar-refractivity contribution in [2.45, 2.75) is 45.1 Å². The van der Waals surface area contributed by atoms with E-state index in [-0.39, 0.29) is 6.10 Å². The zero-order valence-electron chi connectivity index (χ0n) is 11.3. The lowest BCUT2D eigenvalue weighted by Gasteiger charge is -2.18. The lowest BCUT2D eigenvalue weighted by molar-refractivity contribution is 0.0457. The van der Waals surface area contributed by atoms with E-state index in [2.05, 4.69) is 26.0 Å². The summed E-state index contributed by atoms with van der Waals surface area (Å²) in [5, 5.41) is 0. The minimum Gasteiger partial charge on any atom is -0.465 e. The third-order valence-corrected chi connectivity index (χ3v) is 3.24. The van der Waals surface area contributed by atoms with E-state index < -0.39 is 0 Å². The molecule has 18 heavy (non-hydrogen) atoms. The van der Waals surface area contributed by atoms with Crippen LogP contribution in [0.2, 0.25) is 0 Å². The number of hydrogen-bond acceptors (Lipinski definition) is 2. The molecule has 0 bridgehead atoms. The normalized spacial score (nSPS) is 20.5. The zero-order valence-corrected chi connectivity index (χ0v) is 11.3. The van der Waals surface area contributed by atoms with E-state index in [1.807, 2.05) is 18.2 Å². The first-order valence-corrected chi connectivity index (χ1v) is 6.80. The van der Waals surface area contributed by atoms with Crippen LogP contribution < -0.4 is 4.74 Å². The summed E-state index contributed by atoms with van der Waals surface area (Å²) in [6.07, 6.45) is 7.54. The molecule has 0 aliphatic carbocycles. The standard InChI is InChI=1S/C16H22O2/c1-13(2)14-6-5-8-16(12-14)18-11-9-15-7-3-4-10-17-15/h5-6,8-9,11-13,15H,3-4,7,10H2,1-2H3. The van der Waals surface area contributed by atoms with Crippen LogP contribution in [0.3, 0.4) is 0 Å². The molecular weight excluding hydrogens is 224 g/mol. The molecule has 1 atom stereocenters. The second kappa shape index (κ2) is 6.60. The SMILES string of the molecule is CC(C)c1cccc(OC=CC2CCCCO2)c1. The molecule has 1 saturated heterocycles. The molecule has 2 nitrogen and oxygen atoms in total. The van der Waals surface area contributed by atoms with Gasteiger partial charge >= 0.3 is 0 Å². The van der Waals surface area contributed by atoms with Crippen molar-refractivity contribution >= 4 is 0 Å². The van der Waals surface area contributed by atoms with Crippen molar-refractivity contribution in [1.29, 1.82) is 0 Å². The molecule has 0 spiro atoms. The Morgan fingerprint density at radius 2 is 2.22 bits per heavy atom. The maximum Gasteiger partial charge on any atom is 0.126 e. The van der Waals surface area contributed by atoms with Crippen molar-refractivity contribution < 1.29 is 9.47 Å². The zero-order chi connectivity index (χ0) is 12.8. The first kappa shape index (κ1) is 13.2. The van der Waals surface area contributed by atoms with Gasteiger partial charge in [-0.2, -0.15) is 0 Å². The summed E-state index contributed by atoms with van der Waals surface area (Å²) in [6, 6.07) is 8.25. The van der Waals surface area contributed by atoms with Gasteiger partial charge in [0.2, 0.25) is 0 Å². The van der Waals surface area contributed by atoms with Crippen molar-refractivity contribution in [1.82, 2.24) is 0 Å². The Kier molecular flexibility index (Phi) is 4.82. The third kappa shape index (κ3) is 3.88. The second-order valence-corrected chi connectivity index (χ2v) is 5.08. The van der Waals surface area contributed by atoms with Crippen LogP contribution >= 0.6 is 0 Å². The maximum atomic E-state index is 5.64. The van der Waals surface area contributed by atoms with Crippen molar-refractivity contribution in [2.24, 2.45) is 0 Å². The molecule has 0 amide bonds. The molecule has 1 aliphatic heterocycles. The third-order valence-electron chi connectivity index (χ3n) is 3.24. The van der Waals surface area contributed by atoms with Crippen LogP contribution in [0.15, 0.2) is 36.6 Å². The lowest BCUT2D eigenvalue weighted by Crippen LogP contribution is -2.16. The smallest absolute Gasteiger partial charge is 0.126 e. The highest BCUT2D eigenvalue weighted by Crippen LogP contribution is 2.20. The Labute approximate surface area is 110 Å². The fourth-order valence-electron chi connectivity index (χ4n) is 2.07. The predicted octanol–water partition coefficient (Wildman–Crippen LogP) is 4.27. The summed E-state index contributed by atoms with van der Waals surface area (Å²) in [5.74, 6) is 1.42. The molecule has 1 unspecified atom stereocenters. The van der Waals surface area contributed by atoms with E-state index >= 15 is 0 Å². The van der Waals surface area contributed by atoms with Gasteiger partial charge in [-0.25, -0.2) is 0 Å². The molecule has 0 aromatic heterocycles. The summed E-state index contributed by atoms with van der Waals surface area (Å²) in [4.78, 5) is 0. The Morgan fingerprint density at radius 1 is 1.33 bits per heavy atom. The lowest BCUT2D eigenvalue weighted by atomic mass is 10.0. The molecule has 1 fully saturated rings. The van der Waals surface area contributed by atoms with Gasteiger partial charge in [0.15, 0.2) is 0 Å². The van der Waals surface area contributed by atoms with E-state index in [0.29, 0.717) is 5.92 Å². The van der Waals surface area contributed by atoms with Gasteiger partial charge in [0.1, 0.15) is 5.75 Å². The molecule has 1 aromatic carbocycles. The van der Waals surface area contributed by atoms with E-state index in [4.69, 9.17) is 9.47 Å². The Morgan fingerprint density at radius 3 is 2.94 bits per heavy atom. The van der Waals surface area contributed by atoms with Crippen molar-refractivity contribution in [2.75, 3.05) is 6.61 Å². The van der Waals surface area contributed by atoms with Crippen molar-refractivity contribution in [3.05, 3.63) is 42.2 Å². The van der Waals surface area contributed by atoms with Crippen LogP contribution in [-0.4, -0.2) is 12.7 Å². The highest BCUT2D eigenvalue weighted by Gasteiger charge is 2.09. The van der Waals surface area contributed by atoms with Crippen molar-refractivity contribution in [3.63, 3.8) is 0 Å². The summed E-state index contributed by atoms with van der Waals surface area (Å²) >= 11 is 0. The first-order valence-electron chi connectivity index (χ1n) is 6.80. The first-order chi connectivity index (χ1) is 8.75. The summed E-state index contributed by atoms with van der Waals surface area (Å²) < 4.78 is 11.3. The van der Waals surface area contributed by atoms with Gasteiger partial charge in [0, 0.05) is 6.61 Å². The van der Waals surface area contributed by atoms with Crippen molar-refractivity contribution in [3.8, 4) is 5.75 Å². The Balaban J connectivity index is 1.89. The fourth-order valence-corrected chi connectivity index (χ4v) is 2.07. The number of rotatable bonds is 4. The monoisotopic (exact) mass is 246 g/mol. The minimum absolute atomic E-state index is 0.229. The molecule has 2 rings (SSSR count). The van der Waals surface area contributed by atoms with E-state index in [1.54, 1.807) is 6.26 Å². The molecule has 1 heterocycles. The fraction of sp³-hybridized carbons (Fsp3) is 0.500. The highest BCUT2D eigenvalue weighted by atomic mass is 16.5. The molecule has 98 valence electrons. The van der Waals surface area contributed by atoms with Crippen LogP contribution in [0.5, 0.6) is 5.75 Å². The Bertz CT molecular complexity index is 390. The number of benzene rings is 1. The molecule has 1 aliphatic rings. The summed E-state index contributed by atoms with van der Waals surface area (Å²) in [7, 11) is 0. The average Bonchev–Trinajstić information content (AvgIpc) is 2.40. The van der Waals surface area contributed by atoms with E-state index in [9.17, 15) is 0 Å². The largest absolute Gasteiger partial charge is 0.465 e. The van der Waals surface area contributed by atoms with Crippen LogP contribution in [0, 0.1) is 0 Å². The number of ether oxygens (including phenoxy) is 2. The van der Waals surface area contributed by atoms with Crippen LogP contribution in [-0.2, 0) is 4.74 Å². The molecule has 0 N–H and O–H groups in total. The van der Waals surface area contributed by atoms with E-state index in [0.717, 1.165) is 18.8 Å². The van der Waals surface area contributed by atoms with Crippen LogP contribution in [0.25, 0.3) is 0 Å². The molecular formula is C16H22O2. The number of hydrogen-bond donors (Lipinski definition) is 0. The van der Waals surface area contributed by atoms with Gasteiger partial charge in [-0.05, 0) is 49.0 Å². The van der Waals surface area contributed by atoms with Gasteiger partial charge in [-0.1, -0.05) is 26.0 Å². The quantitative estimate of drug-likeness (QED) is 0.738. The van der Waals surface area contributed by atoms with Crippen LogP contribution in [0.1, 0.15) is 44.6 Å². The van der Waals surface area contributed by atoms with Gasteiger partial charge in [-0.3, -0.25) is 0 Å². The predicted molar refractivity (Wildman–Crippen MR) is 73.9 cm³/mol. The second-order valence-electron chi connectivity index (χ2n) is 5.08. The molecule has 2 heteroatoms. The minimum atomic E-state index is 0.229. The van der Waals surface area contributed by atoms with Gasteiger partial charge in [-0.15, -0.1) is 0 Å². The molecule has 0 radical (unpaired) electrons. The highest BCUT2D eigenvalue weighted by molar-refractivity contribution is 5.30. The van der Waals surface area contributed by atoms with Gasteiger partial charge in [0.25, 0.3) is 0 Å². The summed E-state index contributed by atoms with van der Waals surface area (Å²) in [5.41, 5.74) is 1.30. The van der Waals surface area contributed by atoms with E-state index in [1.165, 1.54) is 18.4 Å². The molecule has 0 saturated carbocycles.